The minimum atomic E-state index is -4.96. The largest absolute Gasteiger partial charge is 0.472 e. The number of rotatable bonds is 80. The zero-order chi connectivity index (χ0) is 72.7. The van der Waals surface area contributed by atoms with Crippen LogP contribution in [0.2, 0.25) is 0 Å². The first-order valence-electron chi connectivity index (χ1n) is 41.6. The average Bonchev–Trinajstić information content (AvgIpc) is 0.990. The van der Waals surface area contributed by atoms with Crippen molar-refractivity contribution in [2.45, 2.75) is 445 Å². The van der Waals surface area contributed by atoms with Crippen LogP contribution in [0.25, 0.3) is 0 Å². The summed E-state index contributed by atoms with van der Waals surface area (Å²) < 4.78 is 68.4. The fraction of sp³-hybridized carbons (Fsp3) is 0.950. The molecule has 0 aromatic heterocycles. The molecular weight excluding hydrogens is 1290 g/mol. The van der Waals surface area contributed by atoms with Crippen molar-refractivity contribution in [2.75, 3.05) is 39.6 Å². The van der Waals surface area contributed by atoms with Crippen LogP contribution in [0.3, 0.4) is 0 Å². The van der Waals surface area contributed by atoms with Gasteiger partial charge < -0.3 is 33.8 Å². The first-order chi connectivity index (χ1) is 48.0. The summed E-state index contributed by atoms with van der Waals surface area (Å²) >= 11 is 0. The predicted molar refractivity (Wildman–Crippen MR) is 405 cm³/mol. The number of hydrogen-bond acceptors (Lipinski definition) is 15. The Morgan fingerprint density at radius 2 is 0.465 bits per heavy atom. The van der Waals surface area contributed by atoms with Crippen molar-refractivity contribution in [1.29, 1.82) is 0 Å². The summed E-state index contributed by atoms with van der Waals surface area (Å²) in [4.78, 5) is 72.7. The Bertz CT molecular complexity index is 1890. The Kier molecular flexibility index (Phi) is 71.6. The Hall–Kier alpha value is -1.94. The van der Waals surface area contributed by atoms with Gasteiger partial charge in [-0.2, -0.15) is 0 Å². The topological polar surface area (TPSA) is 237 Å². The van der Waals surface area contributed by atoms with Crippen LogP contribution in [-0.4, -0.2) is 96.7 Å². The first-order valence-corrected chi connectivity index (χ1v) is 44.6. The summed E-state index contributed by atoms with van der Waals surface area (Å²) in [5.41, 5.74) is 0. The second-order valence-corrected chi connectivity index (χ2v) is 32.2. The van der Waals surface area contributed by atoms with Crippen molar-refractivity contribution >= 4 is 39.5 Å². The number of aliphatic hydroxyl groups is 1. The van der Waals surface area contributed by atoms with E-state index < -0.39 is 97.5 Å². The molecule has 0 aromatic carbocycles. The van der Waals surface area contributed by atoms with E-state index in [4.69, 9.17) is 37.0 Å². The maximum absolute atomic E-state index is 13.1. The van der Waals surface area contributed by atoms with Crippen LogP contribution >= 0.6 is 15.6 Å². The van der Waals surface area contributed by atoms with Gasteiger partial charge in [0.1, 0.15) is 19.3 Å². The van der Waals surface area contributed by atoms with Gasteiger partial charge in [0.05, 0.1) is 26.4 Å². The molecule has 588 valence electrons. The molecule has 19 heteroatoms. The van der Waals surface area contributed by atoms with Crippen LogP contribution in [0.1, 0.15) is 426 Å². The maximum atomic E-state index is 13.1. The minimum Gasteiger partial charge on any atom is -0.462 e. The van der Waals surface area contributed by atoms with Gasteiger partial charge in [-0.1, -0.05) is 375 Å². The molecule has 0 saturated carbocycles. The van der Waals surface area contributed by atoms with Crippen molar-refractivity contribution in [3.63, 3.8) is 0 Å². The molecule has 0 radical (unpaired) electrons. The van der Waals surface area contributed by atoms with Gasteiger partial charge in [-0.05, 0) is 31.6 Å². The predicted octanol–water partition coefficient (Wildman–Crippen LogP) is 24.0. The van der Waals surface area contributed by atoms with E-state index in [2.05, 4.69) is 34.6 Å². The SMILES string of the molecule is CCCCCCCCCCCCCCCCCCCCCCCCC(=O)O[C@H](COC(=O)CCCCCCCCCCCCCCCC(C)C)COP(=O)(O)OC[C@@H](O)COP(=O)(O)OC[C@@H](COC(=O)CCCCCCC)OC(=O)CCCCCCCCCCCCCCCCCC. The van der Waals surface area contributed by atoms with E-state index in [1.54, 1.807) is 0 Å². The molecule has 17 nitrogen and oxygen atoms in total. The fourth-order valence-corrected chi connectivity index (χ4v) is 14.0. The van der Waals surface area contributed by atoms with E-state index in [0.29, 0.717) is 25.7 Å². The Balaban J connectivity index is 5.10. The van der Waals surface area contributed by atoms with Crippen LogP contribution in [0.5, 0.6) is 0 Å². The second kappa shape index (κ2) is 73.0. The highest BCUT2D eigenvalue weighted by molar-refractivity contribution is 7.47. The Morgan fingerprint density at radius 3 is 0.687 bits per heavy atom. The Labute approximate surface area is 607 Å². The molecule has 0 aliphatic heterocycles. The molecule has 0 saturated heterocycles. The number of carbonyl (C=O) groups is 4. The minimum absolute atomic E-state index is 0.108. The number of ether oxygens (including phenoxy) is 4. The highest BCUT2D eigenvalue weighted by Gasteiger charge is 2.30. The molecule has 0 fully saturated rings. The third kappa shape index (κ3) is 74.1. The van der Waals surface area contributed by atoms with Gasteiger partial charge >= 0.3 is 39.5 Å². The average molecular weight is 1450 g/mol. The van der Waals surface area contributed by atoms with Crippen molar-refractivity contribution < 1.29 is 80.2 Å². The molecule has 0 amide bonds. The lowest BCUT2D eigenvalue weighted by molar-refractivity contribution is -0.161. The van der Waals surface area contributed by atoms with Gasteiger partial charge in [-0.3, -0.25) is 37.3 Å². The van der Waals surface area contributed by atoms with E-state index in [1.165, 1.54) is 244 Å². The van der Waals surface area contributed by atoms with Gasteiger partial charge in [0.2, 0.25) is 0 Å². The van der Waals surface area contributed by atoms with Gasteiger partial charge in [-0.25, -0.2) is 9.13 Å². The molecule has 3 N–H and O–H groups in total. The van der Waals surface area contributed by atoms with E-state index in [0.717, 1.165) is 102 Å². The molecule has 0 bridgehead atoms. The quantitative estimate of drug-likeness (QED) is 0.0222. The van der Waals surface area contributed by atoms with Crippen LogP contribution in [-0.2, 0) is 65.4 Å². The fourth-order valence-electron chi connectivity index (χ4n) is 12.4. The van der Waals surface area contributed by atoms with E-state index in [9.17, 15) is 43.2 Å². The summed E-state index contributed by atoms with van der Waals surface area (Å²) in [6.45, 7) is 7.25. The number of phosphoric acid groups is 2. The highest BCUT2D eigenvalue weighted by Crippen LogP contribution is 2.45. The lowest BCUT2D eigenvalue weighted by Gasteiger charge is -2.21. The number of esters is 4. The van der Waals surface area contributed by atoms with Gasteiger partial charge in [-0.15, -0.1) is 0 Å². The molecule has 2 unspecified atom stereocenters. The van der Waals surface area contributed by atoms with Crippen molar-refractivity contribution in [3.05, 3.63) is 0 Å². The zero-order valence-corrected chi connectivity index (χ0v) is 66.4. The molecule has 0 aromatic rings. The molecule has 0 spiro atoms. The van der Waals surface area contributed by atoms with Gasteiger partial charge in [0.25, 0.3) is 0 Å². The summed E-state index contributed by atoms with van der Waals surface area (Å²) in [5.74, 6) is -1.33. The number of hydrogen-bond donors (Lipinski definition) is 3. The Morgan fingerprint density at radius 1 is 0.273 bits per heavy atom. The van der Waals surface area contributed by atoms with Crippen molar-refractivity contribution in [3.8, 4) is 0 Å². The third-order valence-electron chi connectivity index (χ3n) is 18.8. The summed E-state index contributed by atoms with van der Waals surface area (Å²) in [5, 5.41) is 10.6. The maximum Gasteiger partial charge on any atom is 0.472 e. The number of unbranched alkanes of at least 4 members (excludes halogenated alkanes) is 52. The molecule has 99 heavy (non-hydrogen) atoms. The normalized spacial score (nSPS) is 13.9. The van der Waals surface area contributed by atoms with E-state index in [-0.39, 0.29) is 25.7 Å². The van der Waals surface area contributed by atoms with Gasteiger partial charge in [0.15, 0.2) is 12.2 Å². The van der Waals surface area contributed by atoms with Crippen LogP contribution in [0, 0.1) is 5.92 Å². The number of carbonyl (C=O) groups excluding carboxylic acids is 4. The second-order valence-electron chi connectivity index (χ2n) is 29.3. The molecule has 0 heterocycles. The lowest BCUT2D eigenvalue weighted by atomic mass is 10.0. The van der Waals surface area contributed by atoms with Crippen LogP contribution in [0.15, 0.2) is 0 Å². The molecule has 0 aliphatic rings. The van der Waals surface area contributed by atoms with Gasteiger partial charge in [0, 0.05) is 25.7 Å². The molecule has 0 rings (SSSR count). The first kappa shape index (κ1) is 97.1. The third-order valence-corrected chi connectivity index (χ3v) is 20.7. The van der Waals surface area contributed by atoms with E-state index in [1.807, 2.05) is 0 Å². The smallest absolute Gasteiger partial charge is 0.462 e. The molecule has 0 aliphatic carbocycles. The van der Waals surface area contributed by atoms with Crippen molar-refractivity contribution in [2.24, 2.45) is 5.92 Å². The van der Waals surface area contributed by atoms with Crippen LogP contribution < -0.4 is 0 Å². The monoisotopic (exact) mass is 1450 g/mol. The number of phosphoric ester groups is 2. The van der Waals surface area contributed by atoms with E-state index >= 15 is 0 Å². The van der Waals surface area contributed by atoms with Crippen molar-refractivity contribution in [1.82, 2.24) is 0 Å². The molecule has 5 atom stereocenters. The standard InChI is InChI=1S/C80H156O17P2/c1-6-9-12-15-17-19-21-23-25-27-28-29-30-31-32-34-38-43-47-51-56-61-66-80(85)97-76(70-91-78(83)64-59-54-49-45-41-39-35-36-40-44-48-53-57-62-73(4)5)72-95-99(88,89)93-68-74(81)67-92-98(86,87)94-71-75(69-90-77(82)63-58-52-14-11-8-3)96-79(84)65-60-55-50-46-42-37-33-26-24-22-20-18-16-13-10-7-2/h73-76,81H,6-72H2,1-5H3,(H,86,87)(H,88,89)/t74-,75+,76+/m0/s1. The highest BCUT2D eigenvalue weighted by atomic mass is 31.2. The molecular formula is C80H156O17P2. The number of aliphatic hydroxyl groups excluding tert-OH is 1. The summed E-state index contributed by atoms with van der Waals surface area (Å²) in [6, 6.07) is 0. The summed E-state index contributed by atoms with van der Waals surface area (Å²) in [6.07, 6.45) is 64.4. The lowest BCUT2D eigenvalue weighted by Crippen LogP contribution is -2.30. The zero-order valence-electron chi connectivity index (χ0n) is 64.6. The van der Waals surface area contributed by atoms with Crippen LogP contribution in [0.4, 0.5) is 0 Å². The summed E-state index contributed by atoms with van der Waals surface area (Å²) in [7, 11) is -9.91.